The van der Waals surface area contributed by atoms with E-state index in [0.29, 0.717) is 5.75 Å². The van der Waals surface area contributed by atoms with Gasteiger partial charge < -0.3 is 4.74 Å². The highest BCUT2D eigenvalue weighted by Crippen LogP contribution is 2.12. The van der Waals surface area contributed by atoms with Gasteiger partial charge in [0.05, 0.1) is 0 Å². The van der Waals surface area contributed by atoms with Crippen molar-refractivity contribution in [2.45, 2.75) is 6.92 Å². The Kier molecular flexibility index (Phi) is 4.39. The average molecular weight is 239 g/mol. The number of ether oxygens (including phenoxy) is 1. The van der Waals surface area contributed by atoms with Crippen LogP contribution in [-0.4, -0.2) is 17.5 Å². The quantitative estimate of drug-likeness (QED) is 0.429. The summed E-state index contributed by atoms with van der Waals surface area (Å²) in [6, 6.07) is 5.89. The third-order valence-corrected chi connectivity index (χ3v) is 1.71. The fraction of sp³-hybridized carbons (Fsp3) is 0.100. The van der Waals surface area contributed by atoms with Crippen molar-refractivity contribution >= 4 is 29.1 Å². The second-order valence-electron chi connectivity index (χ2n) is 2.77. The van der Waals surface area contributed by atoms with E-state index in [1.165, 1.54) is 0 Å². The van der Waals surface area contributed by atoms with Gasteiger partial charge in [0.25, 0.3) is 5.36 Å². The number of halogens is 1. The predicted molar refractivity (Wildman–Crippen MR) is 58.6 cm³/mol. The van der Waals surface area contributed by atoms with Crippen LogP contribution in [0.25, 0.3) is 0 Å². The first kappa shape index (κ1) is 12.1. The van der Waals surface area contributed by atoms with E-state index >= 15 is 0 Å². The number of hydrogen-bond acceptors (Lipinski definition) is 3. The second-order valence-corrected chi connectivity index (χ2v) is 3.09. The van der Waals surface area contributed by atoms with Crippen molar-refractivity contribution < 1.29 is 14.3 Å². The number of benzene rings is 1. The maximum atomic E-state index is 10.7. The number of nitrogens with zero attached hydrogens (tertiary/aromatic N) is 2. The molecule has 82 valence electrons. The van der Waals surface area contributed by atoms with Gasteiger partial charge in [-0.15, -0.1) is 9.98 Å². The van der Waals surface area contributed by atoms with E-state index in [1.807, 2.05) is 19.1 Å². The summed E-state index contributed by atoms with van der Waals surface area (Å²) in [5.74, 6) is 0.433. The van der Waals surface area contributed by atoms with Gasteiger partial charge in [-0.25, -0.2) is 9.59 Å². The molecule has 0 heterocycles. The Labute approximate surface area is 96.4 Å². The second kappa shape index (κ2) is 5.80. The molecule has 0 spiro atoms. The fourth-order valence-corrected chi connectivity index (χ4v) is 1.03. The molecule has 0 bridgehead atoms. The molecule has 1 aromatic rings. The van der Waals surface area contributed by atoms with Gasteiger partial charge in [-0.1, -0.05) is 17.7 Å². The highest BCUT2D eigenvalue weighted by Gasteiger charge is 2.02. The molecular formula is C10H7ClN2O3. The summed E-state index contributed by atoms with van der Waals surface area (Å²) in [5, 5.41) is -0.409. The molecule has 0 radical (unpaired) electrons. The highest BCUT2D eigenvalue weighted by molar-refractivity contribution is 6.63. The highest BCUT2D eigenvalue weighted by atomic mass is 35.5. The Hall–Kier alpha value is -1.97. The summed E-state index contributed by atoms with van der Waals surface area (Å²) >= 11 is 5.50. The van der Waals surface area contributed by atoms with Gasteiger partial charge in [0, 0.05) is 0 Å². The van der Waals surface area contributed by atoms with Crippen molar-refractivity contribution in [2.75, 3.05) is 0 Å². The molecule has 0 fully saturated rings. The third-order valence-electron chi connectivity index (χ3n) is 1.55. The van der Waals surface area contributed by atoms with Crippen LogP contribution in [0.3, 0.4) is 0 Å². The van der Waals surface area contributed by atoms with E-state index in [4.69, 9.17) is 16.3 Å². The average Bonchev–Trinajstić information content (AvgIpc) is 2.21. The predicted octanol–water partition coefficient (Wildman–Crippen LogP) is 2.42. The molecule has 0 atom stereocenters. The minimum atomic E-state index is -1.06. The van der Waals surface area contributed by atoms with Crippen molar-refractivity contribution in [2.24, 2.45) is 9.98 Å². The molecule has 0 N–H and O–H groups in total. The van der Waals surface area contributed by atoms with Crippen LogP contribution in [0.2, 0.25) is 0 Å². The van der Waals surface area contributed by atoms with Crippen molar-refractivity contribution in [1.82, 2.24) is 0 Å². The van der Waals surface area contributed by atoms with E-state index < -0.39 is 11.4 Å². The van der Waals surface area contributed by atoms with Gasteiger partial charge in [-0.3, -0.25) is 0 Å². The zero-order chi connectivity index (χ0) is 12.0. The Morgan fingerprint density at radius 3 is 2.56 bits per heavy atom. The lowest BCUT2D eigenvalue weighted by molar-refractivity contribution is 0.256. The van der Waals surface area contributed by atoms with Crippen LogP contribution in [0.1, 0.15) is 5.56 Å². The van der Waals surface area contributed by atoms with E-state index in [2.05, 4.69) is 9.98 Å². The minimum Gasteiger partial charge on any atom is -0.430 e. The number of carbonyl (C=O) groups excluding carboxylic acids is 2. The minimum absolute atomic E-state index is 0.409. The molecule has 0 aliphatic carbocycles. The van der Waals surface area contributed by atoms with Crippen molar-refractivity contribution in [3.8, 4) is 5.75 Å². The zero-order valence-electron chi connectivity index (χ0n) is 8.31. The Balaban J connectivity index is 2.70. The number of aliphatic imine (C=N–C) groups is 2. The number of amides is 2. The Morgan fingerprint density at radius 2 is 2.00 bits per heavy atom. The first-order valence-electron chi connectivity index (χ1n) is 4.22. The molecule has 0 unspecified atom stereocenters. The van der Waals surface area contributed by atoms with Crippen LogP contribution < -0.4 is 4.74 Å². The van der Waals surface area contributed by atoms with E-state index in [0.717, 1.165) is 11.6 Å². The summed E-state index contributed by atoms with van der Waals surface area (Å²) < 4.78 is 4.99. The van der Waals surface area contributed by atoms with Crippen molar-refractivity contribution in [3.63, 3.8) is 0 Å². The number of urea groups is 1. The third kappa shape index (κ3) is 4.04. The molecule has 0 saturated heterocycles. The van der Waals surface area contributed by atoms with E-state index in [1.54, 1.807) is 12.1 Å². The van der Waals surface area contributed by atoms with Crippen LogP contribution in [0.15, 0.2) is 34.3 Å². The summed E-state index contributed by atoms with van der Waals surface area (Å²) in [6.07, 6.45) is 1.05. The molecule has 2 amide bonds. The van der Waals surface area contributed by atoms with Gasteiger partial charge in [-0.05, 0) is 30.7 Å². The number of aryl methyl sites for hydroxylation is 1. The fourth-order valence-electron chi connectivity index (χ4n) is 0.866. The standard InChI is InChI=1S/C10H7ClN2O3/c1-7-2-4-8(5-3-7)16-9(11)13-10(15)12-6-14/h2-5H,1H3. The Morgan fingerprint density at radius 1 is 1.38 bits per heavy atom. The van der Waals surface area contributed by atoms with Crippen molar-refractivity contribution in [1.29, 1.82) is 0 Å². The molecule has 0 aromatic heterocycles. The number of rotatable bonds is 1. The molecule has 6 heteroatoms. The van der Waals surface area contributed by atoms with Crippen LogP contribution in [0.5, 0.6) is 5.75 Å². The number of isocyanates is 1. The van der Waals surface area contributed by atoms with Crippen LogP contribution in [-0.2, 0) is 4.79 Å². The monoisotopic (exact) mass is 238 g/mol. The number of hydrogen-bond donors (Lipinski definition) is 0. The molecule has 0 aliphatic heterocycles. The molecule has 0 aliphatic rings. The molecule has 1 aromatic carbocycles. The lowest BCUT2D eigenvalue weighted by atomic mass is 10.2. The summed E-state index contributed by atoms with van der Waals surface area (Å²) in [5.41, 5.74) is 1.06. The van der Waals surface area contributed by atoms with Crippen LogP contribution in [0.4, 0.5) is 4.79 Å². The summed E-state index contributed by atoms with van der Waals surface area (Å²) in [4.78, 5) is 26.3. The maximum Gasteiger partial charge on any atom is 0.381 e. The van der Waals surface area contributed by atoms with E-state index in [-0.39, 0.29) is 0 Å². The topological polar surface area (TPSA) is 68.1 Å². The number of carbonyl (C=O) groups is 1. The van der Waals surface area contributed by atoms with Crippen LogP contribution in [0, 0.1) is 6.92 Å². The largest absolute Gasteiger partial charge is 0.430 e. The summed E-state index contributed by atoms with van der Waals surface area (Å²) in [6.45, 7) is 1.92. The van der Waals surface area contributed by atoms with E-state index in [9.17, 15) is 9.59 Å². The van der Waals surface area contributed by atoms with Gasteiger partial charge in [-0.2, -0.15) is 0 Å². The van der Waals surface area contributed by atoms with Crippen molar-refractivity contribution in [3.05, 3.63) is 29.8 Å². The van der Waals surface area contributed by atoms with Gasteiger partial charge in [0.1, 0.15) is 5.75 Å². The van der Waals surface area contributed by atoms with Crippen LogP contribution >= 0.6 is 11.6 Å². The summed E-state index contributed by atoms with van der Waals surface area (Å²) in [7, 11) is 0. The smallest absolute Gasteiger partial charge is 0.381 e. The normalized spacial score (nSPS) is 10.5. The molecule has 0 saturated carbocycles. The van der Waals surface area contributed by atoms with Gasteiger partial charge in [0.15, 0.2) is 0 Å². The SMILES string of the molecule is Cc1ccc(OC(Cl)=NC(=O)N=C=O)cc1. The lowest BCUT2D eigenvalue weighted by Gasteiger charge is -2.01. The first-order valence-corrected chi connectivity index (χ1v) is 4.60. The Bertz CT molecular complexity index is 461. The zero-order valence-corrected chi connectivity index (χ0v) is 9.06. The molecule has 16 heavy (non-hydrogen) atoms. The first-order chi connectivity index (χ1) is 7.61. The lowest BCUT2D eigenvalue weighted by Crippen LogP contribution is -2.02. The molecule has 5 nitrogen and oxygen atoms in total. The molecule has 1 rings (SSSR count). The van der Waals surface area contributed by atoms with Gasteiger partial charge >= 0.3 is 6.03 Å². The van der Waals surface area contributed by atoms with Gasteiger partial charge in [0.2, 0.25) is 6.08 Å². The maximum absolute atomic E-state index is 10.7. The molecular weight excluding hydrogens is 232 g/mol.